The Morgan fingerprint density at radius 3 is 2.72 bits per heavy atom. The molecule has 134 valence electrons. The molecule has 0 aliphatic heterocycles. The third-order valence-electron chi connectivity index (χ3n) is 3.95. The molecule has 1 aromatic carbocycles. The summed E-state index contributed by atoms with van der Waals surface area (Å²) in [5.74, 6) is -0.360. The largest absolute Gasteiger partial charge is 0.350 e. The highest BCUT2D eigenvalue weighted by atomic mass is 32.1. The average Bonchev–Trinajstić information content (AvgIpc) is 2.92. The molecule has 0 aliphatic carbocycles. The Hall–Kier alpha value is -2.41. The summed E-state index contributed by atoms with van der Waals surface area (Å²) in [5, 5.41) is 7.43. The standard InChI is InChI=1S/C18H23N3O3S/c1-4-12(2)20-17(23)15-7-5-6-14(8-15)9-19-16(22)10-21-13(3)11-25-18(21)24/h5-8,11-12H,4,9-10H2,1-3H3,(H,19,22)(H,20,23). The van der Waals surface area contributed by atoms with Crippen LogP contribution in [-0.4, -0.2) is 22.4 Å². The minimum Gasteiger partial charge on any atom is -0.350 e. The van der Waals surface area contributed by atoms with E-state index in [0.29, 0.717) is 12.1 Å². The monoisotopic (exact) mass is 361 g/mol. The van der Waals surface area contributed by atoms with Crippen molar-refractivity contribution in [2.75, 3.05) is 0 Å². The van der Waals surface area contributed by atoms with E-state index < -0.39 is 0 Å². The first-order valence-corrected chi connectivity index (χ1v) is 9.10. The summed E-state index contributed by atoms with van der Waals surface area (Å²) in [4.78, 5) is 35.7. The number of hydrogen-bond donors (Lipinski definition) is 2. The van der Waals surface area contributed by atoms with Crippen LogP contribution in [0, 0.1) is 6.92 Å². The fraction of sp³-hybridized carbons (Fsp3) is 0.389. The minimum atomic E-state index is -0.238. The molecule has 0 saturated carbocycles. The first kappa shape index (κ1) is 18.9. The minimum absolute atomic E-state index is 0.00234. The van der Waals surface area contributed by atoms with Gasteiger partial charge in [0, 0.05) is 29.2 Å². The summed E-state index contributed by atoms with van der Waals surface area (Å²) in [7, 11) is 0. The first-order chi connectivity index (χ1) is 11.9. The van der Waals surface area contributed by atoms with Crippen LogP contribution >= 0.6 is 11.3 Å². The fourth-order valence-corrected chi connectivity index (χ4v) is 2.96. The lowest BCUT2D eigenvalue weighted by Crippen LogP contribution is -2.32. The summed E-state index contributed by atoms with van der Waals surface area (Å²) >= 11 is 1.08. The van der Waals surface area contributed by atoms with Gasteiger partial charge in [0.25, 0.3) is 5.91 Å². The van der Waals surface area contributed by atoms with Crippen molar-refractivity contribution in [1.82, 2.24) is 15.2 Å². The first-order valence-electron chi connectivity index (χ1n) is 8.22. The van der Waals surface area contributed by atoms with Gasteiger partial charge in [0.15, 0.2) is 0 Å². The quantitative estimate of drug-likeness (QED) is 0.792. The van der Waals surface area contributed by atoms with Gasteiger partial charge in [-0.3, -0.25) is 19.0 Å². The maximum absolute atomic E-state index is 12.2. The molecule has 2 aromatic rings. The molecule has 1 heterocycles. The second-order valence-electron chi connectivity index (χ2n) is 5.99. The summed E-state index contributed by atoms with van der Waals surface area (Å²) < 4.78 is 1.44. The fourth-order valence-electron chi connectivity index (χ4n) is 2.23. The predicted octanol–water partition coefficient (Wildman–Crippen LogP) is 2.06. The molecule has 1 unspecified atom stereocenters. The van der Waals surface area contributed by atoms with E-state index in [1.807, 2.05) is 19.9 Å². The highest BCUT2D eigenvalue weighted by Crippen LogP contribution is 2.06. The second-order valence-corrected chi connectivity index (χ2v) is 6.81. The Kier molecular flexibility index (Phi) is 6.52. The van der Waals surface area contributed by atoms with Crippen molar-refractivity contribution in [1.29, 1.82) is 0 Å². The van der Waals surface area contributed by atoms with Crippen LogP contribution < -0.4 is 15.5 Å². The number of nitrogens with one attached hydrogen (secondary N) is 2. The Labute approximate surface area is 150 Å². The number of aryl methyl sites for hydroxylation is 1. The molecule has 2 rings (SSSR count). The van der Waals surface area contributed by atoms with E-state index in [4.69, 9.17) is 0 Å². The molecule has 1 atom stereocenters. The number of benzene rings is 1. The van der Waals surface area contributed by atoms with Crippen LogP contribution in [0.25, 0.3) is 0 Å². The van der Waals surface area contributed by atoms with Gasteiger partial charge in [-0.25, -0.2) is 0 Å². The van der Waals surface area contributed by atoms with Gasteiger partial charge in [-0.2, -0.15) is 0 Å². The van der Waals surface area contributed by atoms with Gasteiger partial charge in [-0.1, -0.05) is 30.4 Å². The summed E-state index contributed by atoms with van der Waals surface area (Å²) in [5.41, 5.74) is 2.17. The number of nitrogens with zero attached hydrogens (tertiary/aromatic N) is 1. The number of hydrogen-bond acceptors (Lipinski definition) is 4. The molecular formula is C18H23N3O3S. The molecule has 2 N–H and O–H groups in total. The lowest BCUT2D eigenvalue weighted by atomic mass is 10.1. The molecule has 1 aromatic heterocycles. The summed E-state index contributed by atoms with van der Waals surface area (Å²) in [6.07, 6.45) is 0.864. The van der Waals surface area contributed by atoms with Gasteiger partial charge >= 0.3 is 4.87 Å². The summed E-state index contributed by atoms with van der Waals surface area (Å²) in [6, 6.07) is 7.27. The Balaban J connectivity index is 1.94. The average molecular weight is 361 g/mol. The molecule has 0 fully saturated rings. The molecular weight excluding hydrogens is 338 g/mol. The maximum atomic E-state index is 12.2. The van der Waals surface area contributed by atoms with Crippen LogP contribution in [0.15, 0.2) is 34.4 Å². The van der Waals surface area contributed by atoms with Crippen molar-refractivity contribution in [3.63, 3.8) is 0 Å². The topological polar surface area (TPSA) is 80.2 Å². The molecule has 7 heteroatoms. The van der Waals surface area contributed by atoms with Crippen molar-refractivity contribution >= 4 is 23.2 Å². The Bertz CT molecular complexity index is 810. The van der Waals surface area contributed by atoms with Crippen molar-refractivity contribution in [2.24, 2.45) is 0 Å². The van der Waals surface area contributed by atoms with E-state index in [1.165, 1.54) is 4.57 Å². The van der Waals surface area contributed by atoms with Crippen LogP contribution in [0.4, 0.5) is 0 Å². The number of carbonyl (C=O) groups excluding carboxylic acids is 2. The van der Waals surface area contributed by atoms with Crippen LogP contribution in [0.3, 0.4) is 0 Å². The Morgan fingerprint density at radius 2 is 2.08 bits per heavy atom. The van der Waals surface area contributed by atoms with Crippen LogP contribution in [0.5, 0.6) is 0 Å². The van der Waals surface area contributed by atoms with Gasteiger partial charge in [0.2, 0.25) is 5.91 Å². The van der Waals surface area contributed by atoms with E-state index in [2.05, 4.69) is 10.6 Å². The smallest absolute Gasteiger partial charge is 0.307 e. The van der Waals surface area contributed by atoms with Crippen molar-refractivity contribution < 1.29 is 9.59 Å². The molecule has 0 spiro atoms. The van der Waals surface area contributed by atoms with Crippen molar-refractivity contribution in [3.8, 4) is 0 Å². The lowest BCUT2D eigenvalue weighted by Gasteiger charge is -2.12. The number of rotatable bonds is 7. The number of thiazole rings is 1. The lowest BCUT2D eigenvalue weighted by molar-refractivity contribution is -0.121. The zero-order valence-corrected chi connectivity index (χ0v) is 15.5. The van der Waals surface area contributed by atoms with E-state index in [0.717, 1.165) is 29.0 Å². The number of carbonyl (C=O) groups is 2. The van der Waals surface area contributed by atoms with Gasteiger partial charge in [0.05, 0.1) is 0 Å². The van der Waals surface area contributed by atoms with E-state index >= 15 is 0 Å². The van der Waals surface area contributed by atoms with Crippen LogP contribution in [0.1, 0.15) is 41.9 Å². The normalized spacial score (nSPS) is 11.8. The van der Waals surface area contributed by atoms with Gasteiger partial charge < -0.3 is 10.6 Å². The molecule has 0 radical (unpaired) electrons. The third-order valence-corrected chi connectivity index (χ3v) is 4.83. The molecule has 2 amide bonds. The third kappa shape index (κ3) is 5.29. The molecule has 0 saturated heterocycles. The molecule has 0 aliphatic rings. The van der Waals surface area contributed by atoms with E-state index in [-0.39, 0.29) is 29.3 Å². The molecule has 0 bridgehead atoms. The zero-order valence-electron chi connectivity index (χ0n) is 14.7. The van der Waals surface area contributed by atoms with Crippen molar-refractivity contribution in [2.45, 2.75) is 46.3 Å². The second kappa shape index (κ2) is 8.62. The number of amides is 2. The number of aromatic nitrogens is 1. The van der Waals surface area contributed by atoms with Gasteiger partial charge in [-0.05, 0) is 38.0 Å². The van der Waals surface area contributed by atoms with Crippen molar-refractivity contribution in [3.05, 3.63) is 56.1 Å². The van der Waals surface area contributed by atoms with E-state index in [9.17, 15) is 14.4 Å². The highest BCUT2D eigenvalue weighted by molar-refractivity contribution is 7.07. The summed E-state index contributed by atoms with van der Waals surface area (Å²) in [6.45, 7) is 6.07. The molecule has 25 heavy (non-hydrogen) atoms. The maximum Gasteiger partial charge on any atom is 0.307 e. The van der Waals surface area contributed by atoms with Gasteiger partial charge in [0.1, 0.15) is 6.54 Å². The van der Waals surface area contributed by atoms with E-state index in [1.54, 1.807) is 30.5 Å². The SMILES string of the molecule is CCC(C)NC(=O)c1cccc(CNC(=O)Cn2c(C)csc2=O)c1. The van der Waals surface area contributed by atoms with Crippen LogP contribution in [0.2, 0.25) is 0 Å². The van der Waals surface area contributed by atoms with Gasteiger partial charge in [-0.15, -0.1) is 0 Å². The molecule has 6 nitrogen and oxygen atoms in total. The zero-order chi connectivity index (χ0) is 18.4. The van der Waals surface area contributed by atoms with Crippen LogP contribution in [-0.2, 0) is 17.9 Å². The predicted molar refractivity (Wildman–Crippen MR) is 98.8 cm³/mol. The Morgan fingerprint density at radius 1 is 1.32 bits per heavy atom. The highest BCUT2D eigenvalue weighted by Gasteiger charge is 2.10.